The van der Waals surface area contributed by atoms with E-state index in [-0.39, 0.29) is 37.9 Å². The molecule has 0 saturated carbocycles. The lowest BCUT2D eigenvalue weighted by Gasteiger charge is -2.34. The third-order valence-electron chi connectivity index (χ3n) is 6.59. The Balaban J connectivity index is 3.39. The predicted molar refractivity (Wildman–Crippen MR) is 206 cm³/mol. The molecule has 0 heterocycles. The average Bonchev–Trinajstić information content (AvgIpc) is 2.96. The fourth-order valence-electron chi connectivity index (χ4n) is 4.47. The van der Waals surface area contributed by atoms with Crippen molar-refractivity contribution in [3.8, 4) is 5.75 Å². The number of aliphatic imine (C=N–C) groups is 1. The summed E-state index contributed by atoms with van der Waals surface area (Å²) in [6.07, 6.45) is 2.53. The molecule has 4 amide bonds. The van der Waals surface area contributed by atoms with Crippen LogP contribution in [0.15, 0.2) is 29.3 Å². The molecule has 0 aliphatic carbocycles. The molecule has 2 N–H and O–H groups in total. The minimum absolute atomic E-state index is 0.0467. The minimum Gasteiger partial charge on any atom is -0.494 e. The van der Waals surface area contributed by atoms with Crippen LogP contribution in [0.4, 0.5) is 19.2 Å². The second-order valence-electron chi connectivity index (χ2n) is 16.7. The highest BCUT2D eigenvalue weighted by Gasteiger charge is 2.35. The highest BCUT2D eigenvalue weighted by molar-refractivity contribution is 6.05. The number of nitrogens with one attached hydrogen (secondary N) is 2. The Hall–Kier alpha value is -4.36. The molecule has 1 rings (SSSR count). The Morgan fingerprint density at radius 1 is 0.642 bits per heavy atom. The van der Waals surface area contributed by atoms with E-state index in [2.05, 4.69) is 17.2 Å². The minimum atomic E-state index is -0.986. The molecule has 0 aliphatic heterocycles. The van der Waals surface area contributed by atoms with Crippen LogP contribution in [0.25, 0.3) is 0 Å². The molecule has 0 aromatic heterocycles. The van der Waals surface area contributed by atoms with Gasteiger partial charge in [-0.15, -0.1) is 4.99 Å². The molecular formula is C39H65N5O9. The quantitative estimate of drug-likeness (QED) is 0.0864. The number of ether oxygens (including phenoxy) is 5. The number of amides is 4. The number of carbonyl (C=O) groups is 4. The van der Waals surface area contributed by atoms with Gasteiger partial charge in [-0.3, -0.25) is 10.7 Å². The van der Waals surface area contributed by atoms with Gasteiger partial charge in [0.05, 0.1) is 6.61 Å². The number of hydrogen-bond acceptors (Lipinski definition) is 10. The van der Waals surface area contributed by atoms with Gasteiger partial charge in [-0.2, -0.15) is 0 Å². The van der Waals surface area contributed by atoms with E-state index in [9.17, 15) is 19.2 Å². The van der Waals surface area contributed by atoms with Crippen molar-refractivity contribution < 1.29 is 42.9 Å². The Morgan fingerprint density at radius 3 is 1.57 bits per heavy atom. The number of benzene rings is 1. The Kier molecular flexibility index (Phi) is 18.3. The van der Waals surface area contributed by atoms with E-state index in [1.54, 1.807) is 107 Å². The van der Waals surface area contributed by atoms with Gasteiger partial charge in [0.2, 0.25) is 5.96 Å². The van der Waals surface area contributed by atoms with E-state index in [1.807, 2.05) is 0 Å². The van der Waals surface area contributed by atoms with Gasteiger partial charge in [0, 0.05) is 18.7 Å². The Bertz CT molecular complexity index is 1380. The van der Waals surface area contributed by atoms with Gasteiger partial charge in [-0.05, 0) is 120 Å². The summed E-state index contributed by atoms with van der Waals surface area (Å²) in [6, 6.07) is 6.53. The number of carbonyl (C=O) groups excluding carboxylic acids is 4. The summed E-state index contributed by atoms with van der Waals surface area (Å²) in [6.45, 7) is 22.9. The summed E-state index contributed by atoms with van der Waals surface area (Å²) >= 11 is 0. The predicted octanol–water partition coefficient (Wildman–Crippen LogP) is 9.43. The molecular weight excluding hydrogens is 682 g/mol. The molecule has 1 aromatic carbocycles. The van der Waals surface area contributed by atoms with Crippen molar-refractivity contribution in [3.05, 3.63) is 29.8 Å². The molecule has 0 unspecified atom stereocenters. The molecule has 1 aromatic rings. The van der Waals surface area contributed by atoms with Gasteiger partial charge in [0.25, 0.3) is 0 Å². The summed E-state index contributed by atoms with van der Waals surface area (Å²) in [5, 5.41) is 10.6. The monoisotopic (exact) mass is 747 g/mol. The molecule has 0 saturated heterocycles. The van der Waals surface area contributed by atoms with Gasteiger partial charge in [-0.1, -0.05) is 39.0 Å². The molecule has 0 bridgehead atoms. The molecule has 0 atom stereocenters. The third kappa shape index (κ3) is 21.1. The Morgan fingerprint density at radius 2 is 1.09 bits per heavy atom. The maximum absolute atomic E-state index is 13.8. The normalized spacial score (nSPS) is 12.4. The van der Waals surface area contributed by atoms with Crippen LogP contribution < -0.4 is 10.1 Å². The SMILES string of the molecule is CCCCCCCCN(C(=O)OC(C)(C)C)/C(=N/C(=O)OC(C)(C)C)N(CCCOc1ccc(C(=N)NC(=O)OC(C)(C)C)cc1)C(=O)OC(C)(C)C. The van der Waals surface area contributed by atoms with Crippen LogP contribution in [-0.4, -0.2) is 88.1 Å². The highest BCUT2D eigenvalue weighted by atomic mass is 16.6. The van der Waals surface area contributed by atoms with Crippen molar-refractivity contribution in [1.82, 2.24) is 15.1 Å². The lowest BCUT2D eigenvalue weighted by molar-refractivity contribution is 0.0269. The van der Waals surface area contributed by atoms with E-state index in [0.29, 0.717) is 17.7 Å². The zero-order chi connectivity index (χ0) is 40.6. The number of alkyl carbamates (subject to hydrolysis) is 1. The maximum Gasteiger partial charge on any atom is 0.437 e. The zero-order valence-electron chi connectivity index (χ0n) is 34.4. The molecule has 0 spiro atoms. The summed E-state index contributed by atoms with van der Waals surface area (Å²) in [5.41, 5.74) is -2.95. The first kappa shape index (κ1) is 46.7. The number of unbranched alkanes of at least 4 members (excludes halogenated alkanes) is 5. The number of hydrogen-bond donors (Lipinski definition) is 2. The first-order chi connectivity index (χ1) is 24.3. The largest absolute Gasteiger partial charge is 0.494 e. The molecule has 14 heteroatoms. The van der Waals surface area contributed by atoms with E-state index >= 15 is 0 Å². The van der Waals surface area contributed by atoms with Crippen LogP contribution >= 0.6 is 0 Å². The fraction of sp³-hybridized carbons (Fsp3) is 0.692. The lowest BCUT2D eigenvalue weighted by Crippen LogP contribution is -2.53. The summed E-state index contributed by atoms with van der Waals surface area (Å²) in [5.74, 6) is 0.0755. The second-order valence-corrected chi connectivity index (χ2v) is 16.7. The van der Waals surface area contributed by atoms with Gasteiger partial charge >= 0.3 is 24.4 Å². The fourth-order valence-corrected chi connectivity index (χ4v) is 4.47. The van der Waals surface area contributed by atoms with Gasteiger partial charge in [-0.25, -0.2) is 29.0 Å². The molecule has 0 radical (unpaired) electrons. The van der Waals surface area contributed by atoms with Crippen LogP contribution in [0.3, 0.4) is 0 Å². The number of amidine groups is 1. The highest BCUT2D eigenvalue weighted by Crippen LogP contribution is 2.19. The summed E-state index contributed by atoms with van der Waals surface area (Å²) in [7, 11) is 0. The van der Waals surface area contributed by atoms with E-state index < -0.39 is 46.8 Å². The first-order valence-corrected chi connectivity index (χ1v) is 18.4. The molecule has 0 fully saturated rings. The van der Waals surface area contributed by atoms with Crippen LogP contribution in [0, 0.1) is 5.41 Å². The van der Waals surface area contributed by atoms with Crippen molar-refractivity contribution in [3.63, 3.8) is 0 Å². The van der Waals surface area contributed by atoms with Crippen molar-refractivity contribution in [2.45, 2.75) is 157 Å². The van der Waals surface area contributed by atoms with Gasteiger partial charge in [0.15, 0.2) is 0 Å². The number of rotatable bonds is 13. The number of nitrogens with zero attached hydrogens (tertiary/aromatic N) is 3. The van der Waals surface area contributed by atoms with Crippen molar-refractivity contribution in [2.75, 3.05) is 19.7 Å². The van der Waals surface area contributed by atoms with Gasteiger partial charge < -0.3 is 23.7 Å². The van der Waals surface area contributed by atoms with Crippen molar-refractivity contribution in [2.24, 2.45) is 4.99 Å². The molecule has 0 aliphatic rings. The third-order valence-corrected chi connectivity index (χ3v) is 6.59. The first-order valence-electron chi connectivity index (χ1n) is 18.4. The zero-order valence-corrected chi connectivity index (χ0v) is 34.4. The molecule has 14 nitrogen and oxygen atoms in total. The van der Waals surface area contributed by atoms with Crippen LogP contribution in [0.5, 0.6) is 5.75 Å². The van der Waals surface area contributed by atoms with E-state index in [4.69, 9.17) is 29.1 Å². The molecule has 300 valence electrons. The standard InChI is InChI=1S/C39H65N5O9/c1-14-15-16-17-18-19-25-43(34(47)52-38(8,9)10)31(42-33(46)51-37(5,6)7)44(35(48)53-39(11,12)13)26-20-27-49-29-23-21-28(22-24-29)30(40)41-32(45)50-36(2,3)4/h21-24H,14-20,25-27H2,1-13H3,(H2,40,41,45)/b42-31-. The Labute approximate surface area is 316 Å². The van der Waals surface area contributed by atoms with Crippen LogP contribution in [0.1, 0.15) is 141 Å². The summed E-state index contributed by atoms with van der Waals surface area (Å²) < 4.78 is 28.1. The van der Waals surface area contributed by atoms with Crippen molar-refractivity contribution >= 4 is 36.2 Å². The second kappa shape index (κ2) is 20.8. The van der Waals surface area contributed by atoms with Gasteiger partial charge in [0.1, 0.15) is 34.0 Å². The average molecular weight is 748 g/mol. The van der Waals surface area contributed by atoms with Crippen LogP contribution in [-0.2, 0) is 18.9 Å². The summed E-state index contributed by atoms with van der Waals surface area (Å²) in [4.78, 5) is 59.5. The van der Waals surface area contributed by atoms with Crippen LogP contribution in [0.2, 0.25) is 0 Å². The van der Waals surface area contributed by atoms with Crippen molar-refractivity contribution in [1.29, 1.82) is 5.41 Å². The lowest BCUT2D eigenvalue weighted by atomic mass is 10.1. The maximum atomic E-state index is 13.8. The molecule has 53 heavy (non-hydrogen) atoms. The topological polar surface area (TPSA) is 169 Å². The van der Waals surface area contributed by atoms with E-state index in [0.717, 1.165) is 37.0 Å². The number of guanidine groups is 1. The van der Waals surface area contributed by atoms with E-state index in [1.165, 1.54) is 4.90 Å². The smallest absolute Gasteiger partial charge is 0.437 e.